The molecule has 134 valence electrons. The minimum absolute atomic E-state index is 1.17. The minimum Gasteiger partial charge on any atom is -0.162 e. The van der Waals surface area contributed by atoms with Crippen LogP contribution in [0.1, 0.15) is 0 Å². The third kappa shape index (κ3) is 7.37. The topological polar surface area (TPSA) is 37.3 Å². The first-order chi connectivity index (χ1) is 13.3. The smallest absolute Gasteiger partial charge is 0.162 e. The van der Waals surface area contributed by atoms with Gasteiger partial charge in [0.1, 0.15) is 0 Å². The van der Waals surface area contributed by atoms with Gasteiger partial charge in [0, 0.05) is 0 Å². The zero-order valence-electron chi connectivity index (χ0n) is 14.9. The fourth-order valence-corrected chi connectivity index (χ4v) is 2.52. The van der Waals surface area contributed by atoms with Crippen molar-refractivity contribution < 1.29 is 9.46 Å². The molecule has 0 aliphatic heterocycles. The molecule has 0 spiro atoms. The van der Waals surface area contributed by atoms with Gasteiger partial charge in [-0.2, -0.15) is 4.89 Å². The Morgan fingerprint density at radius 1 is 0.407 bits per heavy atom. The van der Waals surface area contributed by atoms with Gasteiger partial charge in [-0.05, 0) is 26.8 Å². The highest BCUT2D eigenvalue weighted by Gasteiger charge is 1.92. The Morgan fingerprint density at radius 3 is 0.704 bits per heavy atom. The molecule has 1 N–H and O–H groups in total. The fourth-order valence-electron chi connectivity index (χ4n) is 2.52. The zero-order valence-corrected chi connectivity index (χ0v) is 15.9. The lowest BCUT2D eigenvalue weighted by Crippen LogP contribution is -1.73. The second-order valence-corrected chi connectivity index (χ2v) is 5.74. The highest BCUT2D eigenvalue weighted by Crippen LogP contribution is 2.18. The molecule has 0 saturated carbocycles. The van der Waals surface area contributed by atoms with E-state index in [0.29, 0.717) is 0 Å². The van der Waals surface area contributed by atoms with Crippen molar-refractivity contribution in [2.45, 2.75) is 0 Å². The number of benzene rings is 4. The van der Waals surface area contributed by atoms with Crippen LogP contribution in [-0.2, 0) is 4.57 Å². The SMILES string of the molecule is O=[PH+]O.c1ccc(-c2ccccc2)cc1.c1ccc(-c2ccccc2)cc1. The zero-order chi connectivity index (χ0) is 19.2. The fraction of sp³-hybridized carbons (Fsp3) is 0. The molecule has 0 bridgehead atoms. The average Bonchev–Trinajstić information content (AvgIpc) is 2.77. The summed E-state index contributed by atoms with van der Waals surface area (Å²) in [6, 6.07) is 41.6. The van der Waals surface area contributed by atoms with Gasteiger partial charge in [-0.3, -0.25) is 0 Å². The van der Waals surface area contributed by atoms with Crippen LogP contribution in [0.15, 0.2) is 121 Å². The molecule has 3 heteroatoms. The minimum atomic E-state index is -1.17. The van der Waals surface area contributed by atoms with E-state index in [4.69, 9.17) is 9.46 Å². The second-order valence-electron chi connectivity index (χ2n) is 5.56. The molecule has 0 aliphatic rings. The molecule has 0 amide bonds. The van der Waals surface area contributed by atoms with E-state index in [9.17, 15) is 0 Å². The lowest BCUT2D eigenvalue weighted by molar-refractivity contribution is 0.524. The van der Waals surface area contributed by atoms with Gasteiger partial charge in [-0.25, -0.2) is 0 Å². The maximum Gasteiger partial charge on any atom is 0.491 e. The molecule has 4 aromatic rings. The van der Waals surface area contributed by atoms with Crippen LogP contribution in [0, 0.1) is 0 Å². The van der Waals surface area contributed by atoms with Crippen molar-refractivity contribution >= 4 is 8.69 Å². The van der Waals surface area contributed by atoms with E-state index < -0.39 is 8.69 Å². The summed E-state index contributed by atoms with van der Waals surface area (Å²) in [5.74, 6) is 0. The van der Waals surface area contributed by atoms with E-state index in [1.165, 1.54) is 22.3 Å². The predicted molar refractivity (Wildman–Crippen MR) is 115 cm³/mol. The summed E-state index contributed by atoms with van der Waals surface area (Å²) < 4.78 is 8.51. The number of rotatable bonds is 2. The molecule has 1 unspecified atom stereocenters. The molecule has 0 aromatic heterocycles. The molecule has 0 radical (unpaired) electrons. The van der Waals surface area contributed by atoms with Crippen molar-refractivity contribution in [3.05, 3.63) is 121 Å². The Bertz CT molecular complexity index is 730. The van der Waals surface area contributed by atoms with E-state index in [2.05, 4.69) is 97.1 Å². The molecular weight excluding hydrogens is 351 g/mol. The first-order valence-electron chi connectivity index (χ1n) is 8.57. The first-order valence-corrected chi connectivity index (χ1v) is 9.43. The third-order valence-corrected chi connectivity index (χ3v) is 3.76. The summed E-state index contributed by atoms with van der Waals surface area (Å²) in [5.41, 5.74) is 5.10. The van der Waals surface area contributed by atoms with Crippen LogP contribution < -0.4 is 0 Å². The summed E-state index contributed by atoms with van der Waals surface area (Å²) in [7, 11) is -1.17. The van der Waals surface area contributed by atoms with Crippen molar-refractivity contribution in [1.82, 2.24) is 0 Å². The number of hydrogen-bond acceptors (Lipinski definition) is 1. The molecule has 0 heterocycles. The third-order valence-electron chi connectivity index (χ3n) is 3.76. The van der Waals surface area contributed by atoms with Crippen LogP contribution in [0.5, 0.6) is 0 Å². The summed E-state index contributed by atoms with van der Waals surface area (Å²) >= 11 is 0. The lowest BCUT2D eigenvalue weighted by Gasteiger charge is -1.98. The lowest BCUT2D eigenvalue weighted by atomic mass is 10.1. The van der Waals surface area contributed by atoms with Gasteiger partial charge in [0.2, 0.25) is 0 Å². The number of hydrogen-bond donors (Lipinski definition) is 1. The monoisotopic (exact) mass is 373 g/mol. The summed E-state index contributed by atoms with van der Waals surface area (Å²) in [6.07, 6.45) is 0. The highest BCUT2D eigenvalue weighted by molar-refractivity contribution is 7.16. The van der Waals surface area contributed by atoms with E-state index in [-0.39, 0.29) is 0 Å². The van der Waals surface area contributed by atoms with Crippen LogP contribution in [0.3, 0.4) is 0 Å². The Labute approximate surface area is 162 Å². The Kier molecular flexibility index (Phi) is 9.24. The maximum absolute atomic E-state index is 8.51. The van der Waals surface area contributed by atoms with Crippen molar-refractivity contribution in [1.29, 1.82) is 0 Å². The van der Waals surface area contributed by atoms with Gasteiger partial charge in [-0.15, -0.1) is 0 Å². The molecule has 0 fully saturated rings. The molecular formula is C24H22O2P+. The van der Waals surface area contributed by atoms with Crippen LogP contribution >= 0.6 is 8.69 Å². The molecule has 4 rings (SSSR count). The summed E-state index contributed by atoms with van der Waals surface area (Å²) in [5, 5.41) is 0. The Balaban J connectivity index is 0.000000170. The Hall–Kier alpha value is -3.06. The van der Waals surface area contributed by atoms with Gasteiger partial charge in [0.25, 0.3) is 0 Å². The summed E-state index contributed by atoms with van der Waals surface area (Å²) in [6.45, 7) is 0. The van der Waals surface area contributed by atoms with Gasteiger partial charge >= 0.3 is 8.69 Å². The van der Waals surface area contributed by atoms with E-state index in [1.54, 1.807) is 0 Å². The second kappa shape index (κ2) is 12.3. The predicted octanol–water partition coefficient (Wildman–Crippen LogP) is 6.62. The van der Waals surface area contributed by atoms with Crippen molar-refractivity contribution in [2.24, 2.45) is 0 Å². The van der Waals surface area contributed by atoms with Gasteiger partial charge in [0.15, 0.2) is 0 Å². The van der Waals surface area contributed by atoms with Crippen LogP contribution in [-0.4, -0.2) is 4.89 Å². The average molecular weight is 373 g/mol. The standard InChI is InChI=1S/2C12H10.HO2P/c2*1-3-7-11(8-4-1)12-9-5-2-6-10-12;1-3-2/h2*1-10H;3H/p+1. The quantitative estimate of drug-likeness (QED) is 0.401. The summed E-state index contributed by atoms with van der Waals surface area (Å²) in [4.78, 5) is 7.04. The molecule has 2 nitrogen and oxygen atoms in total. The van der Waals surface area contributed by atoms with E-state index in [1.807, 2.05) is 24.3 Å². The highest BCUT2D eigenvalue weighted by atomic mass is 31.1. The van der Waals surface area contributed by atoms with Crippen LogP contribution in [0.25, 0.3) is 22.3 Å². The van der Waals surface area contributed by atoms with Gasteiger partial charge < -0.3 is 0 Å². The van der Waals surface area contributed by atoms with Gasteiger partial charge in [0.05, 0.1) is 0 Å². The van der Waals surface area contributed by atoms with Crippen LogP contribution in [0.2, 0.25) is 0 Å². The van der Waals surface area contributed by atoms with E-state index in [0.717, 1.165) is 0 Å². The van der Waals surface area contributed by atoms with Crippen molar-refractivity contribution in [2.75, 3.05) is 0 Å². The van der Waals surface area contributed by atoms with Crippen molar-refractivity contribution in [3.8, 4) is 22.3 Å². The maximum atomic E-state index is 8.51. The molecule has 0 aliphatic carbocycles. The molecule has 1 atom stereocenters. The normalized spacial score (nSPS) is 9.37. The van der Waals surface area contributed by atoms with Gasteiger partial charge in [-0.1, -0.05) is 121 Å². The van der Waals surface area contributed by atoms with Crippen molar-refractivity contribution in [3.63, 3.8) is 0 Å². The Morgan fingerprint density at radius 2 is 0.556 bits per heavy atom. The first kappa shape index (κ1) is 20.3. The molecule has 0 saturated heterocycles. The van der Waals surface area contributed by atoms with E-state index >= 15 is 0 Å². The van der Waals surface area contributed by atoms with Crippen LogP contribution in [0.4, 0.5) is 0 Å². The molecule has 27 heavy (non-hydrogen) atoms. The molecule has 4 aromatic carbocycles. The largest absolute Gasteiger partial charge is 0.491 e.